The lowest BCUT2D eigenvalue weighted by Crippen LogP contribution is -2.53. The Labute approximate surface area is 146 Å². The highest BCUT2D eigenvalue weighted by Gasteiger charge is 2.59. The van der Waals surface area contributed by atoms with Crippen molar-refractivity contribution in [3.8, 4) is 5.75 Å². The predicted octanol–water partition coefficient (Wildman–Crippen LogP) is 4.01. The summed E-state index contributed by atoms with van der Waals surface area (Å²) in [5, 5.41) is 11.5. The van der Waals surface area contributed by atoms with Gasteiger partial charge in [-0.15, -0.1) is 0 Å². The van der Waals surface area contributed by atoms with Crippen LogP contribution in [0.2, 0.25) is 0 Å². The van der Waals surface area contributed by atoms with E-state index in [1.54, 1.807) is 24.3 Å². The molecular formula is C18H14F3NO4. The third-order valence-electron chi connectivity index (χ3n) is 4.36. The number of rotatable bonds is 4. The minimum absolute atomic E-state index is 0.0845. The zero-order chi connectivity index (χ0) is 18.9. The van der Waals surface area contributed by atoms with Gasteiger partial charge in [0.2, 0.25) is 0 Å². The molecule has 1 heterocycles. The number of ketones is 1. The van der Waals surface area contributed by atoms with E-state index in [0.717, 1.165) is 0 Å². The Morgan fingerprint density at radius 2 is 1.69 bits per heavy atom. The van der Waals surface area contributed by atoms with Gasteiger partial charge in [0.1, 0.15) is 5.75 Å². The monoisotopic (exact) mass is 365 g/mol. The number of Topliss-reactive ketones (excluding diaryl/α,β-unsaturated/α-hetero) is 1. The van der Waals surface area contributed by atoms with Gasteiger partial charge in [-0.25, -0.2) is 0 Å². The van der Waals surface area contributed by atoms with Gasteiger partial charge in [0.15, 0.2) is 5.78 Å². The minimum Gasteiger partial charge on any atom is -0.473 e. The second kappa shape index (κ2) is 6.78. The van der Waals surface area contributed by atoms with Gasteiger partial charge < -0.3 is 4.74 Å². The zero-order valence-electron chi connectivity index (χ0n) is 13.3. The van der Waals surface area contributed by atoms with Gasteiger partial charge in [0.05, 0.1) is 5.92 Å². The third kappa shape index (κ3) is 3.40. The van der Waals surface area contributed by atoms with Crippen LogP contribution in [0.25, 0.3) is 0 Å². The zero-order valence-corrected chi connectivity index (χ0v) is 13.3. The maximum atomic E-state index is 13.4. The molecular weight excluding hydrogens is 351 g/mol. The fraction of sp³-hybridized carbons (Fsp3) is 0.278. The summed E-state index contributed by atoms with van der Waals surface area (Å²) >= 11 is 0. The van der Waals surface area contributed by atoms with Crippen LogP contribution in [0.1, 0.15) is 28.3 Å². The smallest absolute Gasteiger partial charge is 0.432 e. The molecule has 2 aromatic rings. The van der Waals surface area contributed by atoms with E-state index in [1.807, 2.05) is 0 Å². The number of carbonyl (C=O) groups is 1. The molecule has 3 rings (SSSR count). The lowest BCUT2D eigenvalue weighted by molar-refractivity contribution is -0.548. The predicted molar refractivity (Wildman–Crippen MR) is 85.8 cm³/mol. The molecule has 0 spiro atoms. The number of hydrogen-bond donors (Lipinski definition) is 0. The Kier molecular flexibility index (Phi) is 4.67. The van der Waals surface area contributed by atoms with Gasteiger partial charge in [0, 0.05) is 22.5 Å². The lowest BCUT2D eigenvalue weighted by Gasteiger charge is -2.35. The standard InChI is InChI=1S/C18H14F3NO4/c19-18(20,21)17-16(22(24)25)13(12-8-4-5-9-15(12)26-17)10-14(23)11-6-2-1-3-7-11/h1-9,13,16-17H,10H2/t13-,16-,17-/m1/s1. The average molecular weight is 365 g/mol. The molecule has 3 atom stereocenters. The molecule has 0 aliphatic carbocycles. The Hall–Kier alpha value is -2.90. The van der Waals surface area contributed by atoms with E-state index in [0.29, 0.717) is 5.56 Å². The Balaban J connectivity index is 2.03. The highest BCUT2D eigenvalue weighted by atomic mass is 19.4. The van der Waals surface area contributed by atoms with Crippen molar-refractivity contribution in [3.05, 3.63) is 75.8 Å². The molecule has 0 radical (unpaired) electrons. The Bertz CT molecular complexity index is 823. The number of nitrogens with zero attached hydrogens (tertiary/aromatic N) is 1. The molecule has 0 unspecified atom stereocenters. The van der Waals surface area contributed by atoms with Crippen LogP contribution in [0.3, 0.4) is 0 Å². The molecule has 136 valence electrons. The van der Waals surface area contributed by atoms with Gasteiger partial charge in [0.25, 0.3) is 12.1 Å². The van der Waals surface area contributed by atoms with Crippen molar-refractivity contribution in [3.63, 3.8) is 0 Å². The van der Waals surface area contributed by atoms with Crippen molar-refractivity contribution in [2.24, 2.45) is 0 Å². The van der Waals surface area contributed by atoms with Crippen LogP contribution in [-0.2, 0) is 0 Å². The van der Waals surface area contributed by atoms with Crippen molar-refractivity contribution < 1.29 is 27.6 Å². The first-order chi connectivity index (χ1) is 12.3. The van der Waals surface area contributed by atoms with Crippen LogP contribution in [0.4, 0.5) is 13.2 Å². The SMILES string of the molecule is O=C(C[C@@H]1c2ccccc2O[C@@H](C(F)(F)F)[C@@H]1[N+](=O)[O-])c1ccccc1. The summed E-state index contributed by atoms with van der Waals surface area (Å²) in [6, 6.07) is 11.7. The first-order valence-electron chi connectivity index (χ1n) is 7.83. The summed E-state index contributed by atoms with van der Waals surface area (Å²) in [4.78, 5) is 23.0. The summed E-state index contributed by atoms with van der Waals surface area (Å²) < 4.78 is 45.0. The maximum absolute atomic E-state index is 13.4. The quantitative estimate of drug-likeness (QED) is 0.466. The second-order valence-electron chi connectivity index (χ2n) is 5.99. The van der Waals surface area contributed by atoms with Crippen LogP contribution in [-0.4, -0.2) is 29.0 Å². The van der Waals surface area contributed by atoms with E-state index in [2.05, 4.69) is 0 Å². The number of fused-ring (bicyclic) bond motifs is 1. The molecule has 2 aromatic carbocycles. The van der Waals surface area contributed by atoms with Gasteiger partial charge >= 0.3 is 6.18 Å². The fourth-order valence-electron chi connectivity index (χ4n) is 3.19. The number of nitro groups is 1. The number of carbonyl (C=O) groups excluding carboxylic acids is 1. The van der Waals surface area contributed by atoms with Crippen molar-refractivity contribution in [1.82, 2.24) is 0 Å². The number of hydrogen-bond acceptors (Lipinski definition) is 4. The van der Waals surface area contributed by atoms with Crippen LogP contribution >= 0.6 is 0 Å². The third-order valence-corrected chi connectivity index (χ3v) is 4.36. The van der Waals surface area contributed by atoms with Crippen molar-refractivity contribution in [1.29, 1.82) is 0 Å². The lowest BCUT2D eigenvalue weighted by atomic mass is 9.81. The molecule has 0 saturated heterocycles. The van der Waals surface area contributed by atoms with E-state index in [1.165, 1.54) is 30.3 Å². The Morgan fingerprint density at radius 1 is 1.08 bits per heavy atom. The second-order valence-corrected chi connectivity index (χ2v) is 5.99. The normalized spacial score (nSPS) is 22.2. The van der Waals surface area contributed by atoms with E-state index in [-0.39, 0.29) is 11.3 Å². The number of para-hydroxylation sites is 1. The van der Waals surface area contributed by atoms with E-state index < -0.39 is 41.4 Å². The Morgan fingerprint density at radius 3 is 2.31 bits per heavy atom. The molecule has 1 aliphatic rings. The molecule has 0 saturated carbocycles. The van der Waals surface area contributed by atoms with Crippen molar-refractivity contribution in [2.45, 2.75) is 30.7 Å². The number of alkyl halides is 3. The van der Waals surface area contributed by atoms with Crippen LogP contribution < -0.4 is 4.74 Å². The van der Waals surface area contributed by atoms with Gasteiger partial charge in [-0.1, -0.05) is 48.5 Å². The van der Waals surface area contributed by atoms with E-state index in [4.69, 9.17) is 4.74 Å². The molecule has 26 heavy (non-hydrogen) atoms. The van der Waals surface area contributed by atoms with Crippen molar-refractivity contribution in [2.75, 3.05) is 0 Å². The van der Waals surface area contributed by atoms with Crippen LogP contribution in [0, 0.1) is 10.1 Å². The van der Waals surface area contributed by atoms with Crippen LogP contribution in [0.15, 0.2) is 54.6 Å². The van der Waals surface area contributed by atoms with Crippen molar-refractivity contribution >= 4 is 5.78 Å². The molecule has 8 heteroatoms. The van der Waals surface area contributed by atoms with Gasteiger partial charge in [-0.2, -0.15) is 13.2 Å². The number of ether oxygens (including phenoxy) is 1. The molecule has 0 fully saturated rings. The number of halogens is 3. The topological polar surface area (TPSA) is 69.4 Å². The van der Waals surface area contributed by atoms with E-state index in [9.17, 15) is 28.1 Å². The number of benzene rings is 2. The highest BCUT2D eigenvalue weighted by molar-refractivity contribution is 5.96. The summed E-state index contributed by atoms with van der Waals surface area (Å²) in [6.07, 6.45) is -7.96. The fourth-order valence-corrected chi connectivity index (χ4v) is 3.19. The summed E-state index contributed by atoms with van der Waals surface area (Å²) in [6.45, 7) is 0. The van der Waals surface area contributed by atoms with Crippen LogP contribution in [0.5, 0.6) is 5.75 Å². The summed E-state index contributed by atoms with van der Waals surface area (Å²) in [7, 11) is 0. The molecule has 0 amide bonds. The van der Waals surface area contributed by atoms with Gasteiger partial charge in [-0.3, -0.25) is 14.9 Å². The maximum Gasteiger partial charge on any atom is 0.432 e. The summed E-state index contributed by atoms with van der Waals surface area (Å²) in [5.74, 6) is -1.78. The van der Waals surface area contributed by atoms with Gasteiger partial charge in [-0.05, 0) is 6.07 Å². The van der Waals surface area contributed by atoms with E-state index >= 15 is 0 Å². The molecule has 0 aromatic heterocycles. The first kappa shape index (κ1) is 17.9. The molecule has 5 nitrogen and oxygen atoms in total. The minimum atomic E-state index is -4.93. The molecule has 1 aliphatic heterocycles. The highest BCUT2D eigenvalue weighted by Crippen LogP contribution is 2.44. The largest absolute Gasteiger partial charge is 0.473 e. The molecule has 0 N–H and O–H groups in total. The summed E-state index contributed by atoms with van der Waals surface area (Å²) in [5.41, 5.74) is 0.529. The molecule has 0 bridgehead atoms. The first-order valence-corrected chi connectivity index (χ1v) is 7.83. The average Bonchev–Trinajstić information content (AvgIpc) is 2.61.